The minimum absolute atomic E-state index is 0.391. The molecule has 2 N–H and O–H groups in total. The first-order valence-electron chi connectivity index (χ1n) is 13.5. The first-order chi connectivity index (χ1) is 18.5. The van der Waals surface area contributed by atoms with E-state index in [1.54, 1.807) is 6.20 Å². The number of pyridine rings is 2. The number of likely N-dealkylation sites (tertiary alicyclic amines) is 1. The molecule has 4 aromatic rings. The number of hydrogen-bond donors (Lipinski definition) is 2. The molecule has 3 aromatic heterocycles. The predicted octanol–water partition coefficient (Wildman–Crippen LogP) is 4.81. The highest BCUT2D eigenvalue weighted by Gasteiger charge is 2.21. The van der Waals surface area contributed by atoms with E-state index in [-0.39, 0.29) is 0 Å². The number of piperidine rings is 1. The Bertz CT molecular complexity index is 1370. The summed E-state index contributed by atoms with van der Waals surface area (Å²) in [6, 6.07) is 13.3. The average molecular weight is 531 g/mol. The summed E-state index contributed by atoms with van der Waals surface area (Å²) in [7, 11) is 2.17. The molecule has 2 fully saturated rings. The topological polar surface area (TPSA) is 76.2 Å². The molecule has 0 atom stereocenters. The Balaban J connectivity index is 1.12. The number of anilines is 2. The second-order valence-electron chi connectivity index (χ2n) is 10.6. The molecule has 0 amide bonds. The zero-order valence-electron chi connectivity index (χ0n) is 22.1. The molecule has 0 radical (unpaired) electrons. The Kier molecular flexibility index (Phi) is 7.19. The van der Waals surface area contributed by atoms with Gasteiger partial charge in [0.05, 0.1) is 16.9 Å². The van der Waals surface area contributed by atoms with E-state index in [1.807, 2.05) is 13.1 Å². The van der Waals surface area contributed by atoms with Crippen LogP contribution in [0.2, 0.25) is 5.02 Å². The largest absolute Gasteiger partial charge is 0.379 e. The van der Waals surface area contributed by atoms with Crippen molar-refractivity contribution in [3.63, 3.8) is 0 Å². The maximum Gasteiger partial charge on any atom is 0.159 e. The third kappa shape index (κ3) is 5.48. The lowest BCUT2D eigenvalue weighted by Crippen LogP contribution is -2.45. The van der Waals surface area contributed by atoms with Crippen LogP contribution in [0.25, 0.3) is 22.6 Å². The predicted molar refractivity (Wildman–Crippen MR) is 155 cm³/mol. The third-order valence-electron chi connectivity index (χ3n) is 7.79. The summed E-state index contributed by atoms with van der Waals surface area (Å²) >= 11 is 6.57. The molecule has 38 heavy (non-hydrogen) atoms. The highest BCUT2D eigenvalue weighted by molar-refractivity contribution is 6.34. The van der Waals surface area contributed by atoms with Gasteiger partial charge < -0.3 is 20.1 Å². The minimum atomic E-state index is 0.391. The van der Waals surface area contributed by atoms with Gasteiger partial charge in [0, 0.05) is 61.9 Å². The molecular formula is C29H35ClN8. The molecule has 0 unspecified atom stereocenters. The second-order valence-corrected chi connectivity index (χ2v) is 11.0. The first-order valence-corrected chi connectivity index (χ1v) is 13.9. The second kappa shape index (κ2) is 10.9. The number of nitrogens with one attached hydrogen (secondary N) is 2. The standard InChI is InChI=1S/C29H35ClN8/c1-20-3-4-21(17-31-20)19-37-13-15-38(16-14-37)24-7-5-22(6-8-24)28-34-27-26(25(30)18-32-29(27)35-28)33-23-9-11-36(2)12-10-23/h3-8,17-18,23H,9-16,19H2,1-2H3,(H2,32,33,34,35). The smallest absolute Gasteiger partial charge is 0.159 e. The van der Waals surface area contributed by atoms with Gasteiger partial charge in [0.1, 0.15) is 11.3 Å². The van der Waals surface area contributed by atoms with Crippen molar-refractivity contribution in [2.75, 3.05) is 56.5 Å². The number of aromatic nitrogens is 4. The molecule has 5 heterocycles. The van der Waals surface area contributed by atoms with Gasteiger partial charge in [0.15, 0.2) is 5.65 Å². The molecule has 198 valence electrons. The van der Waals surface area contributed by atoms with E-state index >= 15 is 0 Å². The monoisotopic (exact) mass is 530 g/mol. The summed E-state index contributed by atoms with van der Waals surface area (Å²) < 4.78 is 0. The molecule has 1 aromatic carbocycles. The Hall–Kier alpha value is -3.20. The van der Waals surface area contributed by atoms with Gasteiger partial charge in [0.25, 0.3) is 0 Å². The number of H-pyrrole nitrogens is 1. The van der Waals surface area contributed by atoms with Crippen molar-refractivity contribution in [1.29, 1.82) is 0 Å². The molecule has 2 aliphatic rings. The number of aryl methyl sites for hydroxylation is 1. The van der Waals surface area contributed by atoms with Crippen molar-refractivity contribution in [1.82, 2.24) is 29.7 Å². The van der Waals surface area contributed by atoms with Crippen LogP contribution in [0.3, 0.4) is 0 Å². The van der Waals surface area contributed by atoms with Crippen LogP contribution < -0.4 is 10.2 Å². The molecule has 0 bridgehead atoms. The zero-order valence-corrected chi connectivity index (χ0v) is 22.9. The fourth-order valence-corrected chi connectivity index (χ4v) is 5.60. The van der Waals surface area contributed by atoms with Crippen LogP contribution in [0.4, 0.5) is 11.4 Å². The van der Waals surface area contributed by atoms with Gasteiger partial charge in [-0.15, -0.1) is 0 Å². The van der Waals surface area contributed by atoms with E-state index in [2.05, 4.69) is 78.4 Å². The Labute approximate surface area is 229 Å². The minimum Gasteiger partial charge on any atom is -0.379 e. The van der Waals surface area contributed by atoms with E-state index in [0.29, 0.717) is 11.1 Å². The van der Waals surface area contributed by atoms with Crippen molar-refractivity contribution in [2.24, 2.45) is 0 Å². The summed E-state index contributed by atoms with van der Waals surface area (Å²) in [5, 5.41) is 4.27. The summed E-state index contributed by atoms with van der Waals surface area (Å²) in [6.45, 7) is 9.26. The lowest BCUT2D eigenvalue weighted by Gasteiger charge is -2.36. The van der Waals surface area contributed by atoms with Crippen molar-refractivity contribution in [2.45, 2.75) is 32.4 Å². The van der Waals surface area contributed by atoms with Crippen LogP contribution in [0, 0.1) is 6.92 Å². The van der Waals surface area contributed by atoms with Gasteiger partial charge >= 0.3 is 0 Å². The number of piperazine rings is 1. The van der Waals surface area contributed by atoms with Gasteiger partial charge in [-0.25, -0.2) is 9.97 Å². The van der Waals surface area contributed by atoms with Gasteiger partial charge in [-0.2, -0.15) is 0 Å². The number of halogens is 1. The Morgan fingerprint density at radius 2 is 1.71 bits per heavy atom. The third-order valence-corrected chi connectivity index (χ3v) is 8.08. The van der Waals surface area contributed by atoms with Crippen LogP contribution in [0.5, 0.6) is 0 Å². The molecule has 2 saturated heterocycles. The van der Waals surface area contributed by atoms with Crippen LogP contribution in [0.1, 0.15) is 24.1 Å². The van der Waals surface area contributed by atoms with E-state index < -0.39 is 0 Å². The maximum absolute atomic E-state index is 6.57. The number of fused-ring (bicyclic) bond motifs is 1. The molecule has 0 aliphatic carbocycles. The lowest BCUT2D eigenvalue weighted by atomic mass is 10.1. The Morgan fingerprint density at radius 1 is 0.947 bits per heavy atom. The zero-order chi connectivity index (χ0) is 26.1. The normalized spacial score (nSPS) is 17.8. The molecule has 0 spiro atoms. The molecule has 6 rings (SSSR count). The fraction of sp³-hybridized carbons (Fsp3) is 0.414. The lowest BCUT2D eigenvalue weighted by molar-refractivity contribution is 0.249. The van der Waals surface area contributed by atoms with E-state index in [9.17, 15) is 0 Å². The quantitative estimate of drug-likeness (QED) is 0.370. The maximum atomic E-state index is 6.57. The van der Waals surface area contributed by atoms with E-state index in [1.165, 1.54) is 11.3 Å². The van der Waals surface area contributed by atoms with Crippen molar-refractivity contribution in [3.8, 4) is 11.4 Å². The highest BCUT2D eigenvalue weighted by Crippen LogP contribution is 2.32. The number of hydrogen-bond acceptors (Lipinski definition) is 7. The SMILES string of the molecule is Cc1ccc(CN2CCN(c3ccc(-c4nc5c(NC6CCN(C)CC6)c(Cl)cnc5[nH]4)cc3)CC2)cn1. The summed E-state index contributed by atoms with van der Waals surface area (Å²) in [5.74, 6) is 0.810. The number of benzene rings is 1. The molecule has 0 saturated carbocycles. The molecule has 2 aliphatic heterocycles. The summed E-state index contributed by atoms with van der Waals surface area (Å²) in [4.78, 5) is 24.6. The molecule has 8 nitrogen and oxygen atoms in total. The van der Waals surface area contributed by atoms with Crippen LogP contribution >= 0.6 is 11.6 Å². The number of rotatable bonds is 6. The number of imidazole rings is 1. The van der Waals surface area contributed by atoms with Gasteiger partial charge in [-0.05, 0) is 75.8 Å². The van der Waals surface area contributed by atoms with Gasteiger partial charge in [-0.1, -0.05) is 17.7 Å². The van der Waals surface area contributed by atoms with E-state index in [0.717, 1.165) is 92.6 Å². The highest BCUT2D eigenvalue weighted by atomic mass is 35.5. The average Bonchev–Trinajstić information content (AvgIpc) is 3.38. The van der Waals surface area contributed by atoms with Gasteiger partial charge in [-0.3, -0.25) is 9.88 Å². The number of aromatic amines is 1. The van der Waals surface area contributed by atoms with Crippen LogP contribution in [-0.4, -0.2) is 82.1 Å². The Morgan fingerprint density at radius 3 is 2.42 bits per heavy atom. The fourth-order valence-electron chi connectivity index (χ4n) is 5.41. The van der Waals surface area contributed by atoms with Crippen molar-refractivity contribution >= 4 is 34.1 Å². The first kappa shape index (κ1) is 25.1. The van der Waals surface area contributed by atoms with Crippen molar-refractivity contribution in [3.05, 3.63) is 65.1 Å². The number of nitrogens with zero attached hydrogens (tertiary/aromatic N) is 6. The molecule has 9 heteroatoms. The van der Waals surface area contributed by atoms with Crippen LogP contribution in [-0.2, 0) is 6.54 Å². The van der Waals surface area contributed by atoms with E-state index in [4.69, 9.17) is 16.6 Å². The van der Waals surface area contributed by atoms with Crippen molar-refractivity contribution < 1.29 is 0 Å². The van der Waals surface area contributed by atoms with Crippen LogP contribution in [0.15, 0.2) is 48.8 Å². The van der Waals surface area contributed by atoms with Gasteiger partial charge in [0.2, 0.25) is 0 Å². The summed E-state index contributed by atoms with van der Waals surface area (Å²) in [5.41, 5.74) is 7.06. The molecular weight excluding hydrogens is 496 g/mol. The summed E-state index contributed by atoms with van der Waals surface area (Å²) in [6.07, 6.45) is 5.89.